The zero-order valence-electron chi connectivity index (χ0n) is 10.4. The van der Waals surface area contributed by atoms with Crippen molar-refractivity contribution >= 4 is 0 Å². The molecule has 0 radical (unpaired) electrons. The van der Waals surface area contributed by atoms with Crippen LogP contribution in [-0.2, 0) is 0 Å². The van der Waals surface area contributed by atoms with Gasteiger partial charge in [-0.15, -0.1) is 0 Å². The van der Waals surface area contributed by atoms with E-state index in [-0.39, 0.29) is 0 Å². The van der Waals surface area contributed by atoms with Gasteiger partial charge in [-0.2, -0.15) is 0 Å². The third kappa shape index (κ3) is 4.97. The van der Waals surface area contributed by atoms with Crippen LogP contribution in [0.15, 0.2) is 0 Å². The van der Waals surface area contributed by atoms with Crippen molar-refractivity contribution in [3.8, 4) is 0 Å². The summed E-state index contributed by atoms with van der Waals surface area (Å²) in [5.41, 5.74) is 0.405. The van der Waals surface area contributed by atoms with Crippen LogP contribution in [-0.4, -0.2) is 37.1 Å². The van der Waals surface area contributed by atoms with Gasteiger partial charge in [-0.25, -0.2) is 0 Å². The van der Waals surface area contributed by atoms with E-state index in [1.807, 2.05) is 0 Å². The summed E-state index contributed by atoms with van der Waals surface area (Å²) in [4.78, 5) is 2.45. The zero-order chi connectivity index (χ0) is 10.8. The van der Waals surface area contributed by atoms with E-state index in [9.17, 15) is 0 Å². The minimum atomic E-state index is 0.405. The maximum absolute atomic E-state index is 3.58. The Bertz CT molecular complexity index is 168. The Morgan fingerprint density at radius 2 is 1.93 bits per heavy atom. The second-order valence-corrected chi connectivity index (χ2v) is 6.01. The Kier molecular flexibility index (Phi) is 3.96. The van der Waals surface area contributed by atoms with Gasteiger partial charge in [-0.05, 0) is 32.2 Å². The molecular weight excluding hydrogens is 172 g/mol. The van der Waals surface area contributed by atoms with Crippen molar-refractivity contribution in [2.45, 2.75) is 52.6 Å². The number of nitrogens with one attached hydrogen (secondary N) is 1. The molecule has 2 nitrogen and oxygen atoms in total. The van der Waals surface area contributed by atoms with Crippen LogP contribution < -0.4 is 5.32 Å². The van der Waals surface area contributed by atoms with E-state index >= 15 is 0 Å². The SMILES string of the molecule is CC(CNC1CC1)N(C)CC(C)(C)C. The molecule has 0 saturated heterocycles. The van der Waals surface area contributed by atoms with Crippen molar-refractivity contribution in [1.29, 1.82) is 0 Å². The first-order chi connectivity index (χ1) is 6.38. The molecular formula is C12H26N2. The minimum Gasteiger partial charge on any atom is -0.312 e. The van der Waals surface area contributed by atoms with Gasteiger partial charge in [-0.3, -0.25) is 0 Å². The first-order valence-corrected chi connectivity index (χ1v) is 5.82. The van der Waals surface area contributed by atoms with Crippen molar-refractivity contribution in [2.24, 2.45) is 5.41 Å². The highest BCUT2D eigenvalue weighted by molar-refractivity contribution is 4.83. The summed E-state index contributed by atoms with van der Waals surface area (Å²) < 4.78 is 0. The molecule has 0 aromatic carbocycles. The first-order valence-electron chi connectivity index (χ1n) is 5.82. The second kappa shape index (κ2) is 4.63. The normalized spacial score (nSPS) is 20.1. The second-order valence-electron chi connectivity index (χ2n) is 6.01. The number of hydrogen-bond acceptors (Lipinski definition) is 2. The third-order valence-corrected chi connectivity index (χ3v) is 2.76. The maximum atomic E-state index is 3.58. The fraction of sp³-hybridized carbons (Fsp3) is 1.00. The highest BCUT2D eigenvalue weighted by Crippen LogP contribution is 2.19. The van der Waals surface area contributed by atoms with Gasteiger partial charge in [-0.1, -0.05) is 20.8 Å². The van der Waals surface area contributed by atoms with Gasteiger partial charge in [0.2, 0.25) is 0 Å². The van der Waals surface area contributed by atoms with Gasteiger partial charge in [0.05, 0.1) is 0 Å². The predicted molar refractivity (Wildman–Crippen MR) is 62.6 cm³/mol. The average molecular weight is 198 g/mol. The molecule has 14 heavy (non-hydrogen) atoms. The van der Waals surface area contributed by atoms with Crippen LogP contribution in [0.1, 0.15) is 40.5 Å². The summed E-state index contributed by atoms with van der Waals surface area (Å²) in [5, 5.41) is 3.58. The molecule has 0 aromatic rings. The van der Waals surface area contributed by atoms with Crippen molar-refractivity contribution in [2.75, 3.05) is 20.1 Å². The smallest absolute Gasteiger partial charge is 0.0189 e. The van der Waals surface area contributed by atoms with Crippen molar-refractivity contribution in [3.05, 3.63) is 0 Å². The fourth-order valence-corrected chi connectivity index (χ4v) is 1.68. The van der Waals surface area contributed by atoms with Crippen LogP contribution in [0.25, 0.3) is 0 Å². The number of rotatable bonds is 5. The Hall–Kier alpha value is -0.0800. The summed E-state index contributed by atoms with van der Waals surface area (Å²) in [7, 11) is 2.23. The lowest BCUT2D eigenvalue weighted by atomic mass is 9.96. The summed E-state index contributed by atoms with van der Waals surface area (Å²) >= 11 is 0. The molecule has 1 aliphatic carbocycles. The highest BCUT2D eigenvalue weighted by atomic mass is 15.2. The lowest BCUT2D eigenvalue weighted by Crippen LogP contribution is -2.42. The molecule has 0 aromatic heterocycles. The Morgan fingerprint density at radius 3 is 2.36 bits per heavy atom. The summed E-state index contributed by atoms with van der Waals surface area (Å²) in [6, 6.07) is 1.48. The standard InChI is InChI=1S/C12H26N2/c1-10(8-13-11-6-7-11)14(5)9-12(2,3)4/h10-11,13H,6-9H2,1-5H3. The molecule has 0 amide bonds. The first kappa shape index (κ1) is 12.0. The Labute approximate surface area is 89.1 Å². The quantitative estimate of drug-likeness (QED) is 0.728. The predicted octanol–water partition coefficient (Wildman–Crippen LogP) is 2.10. The Balaban J connectivity index is 2.17. The Morgan fingerprint density at radius 1 is 1.36 bits per heavy atom. The van der Waals surface area contributed by atoms with E-state index in [0.29, 0.717) is 11.5 Å². The third-order valence-electron chi connectivity index (χ3n) is 2.76. The molecule has 1 saturated carbocycles. The van der Waals surface area contributed by atoms with Gasteiger partial charge in [0.25, 0.3) is 0 Å². The fourth-order valence-electron chi connectivity index (χ4n) is 1.68. The molecule has 0 bridgehead atoms. The molecule has 1 rings (SSSR count). The van der Waals surface area contributed by atoms with Crippen molar-refractivity contribution in [1.82, 2.24) is 10.2 Å². The molecule has 1 N–H and O–H groups in total. The topological polar surface area (TPSA) is 15.3 Å². The van der Waals surface area contributed by atoms with Gasteiger partial charge in [0.15, 0.2) is 0 Å². The zero-order valence-corrected chi connectivity index (χ0v) is 10.4. The summed E-state index contributed by atoms with van der Waals surface area (Å²) in [6.45, 7) is 11.5. The molecule has 2 heteroatoms. The lowest BCUT2D eigenvalue weighted by Gasteiger charge is -2.31. The monoisotopic (exact) mass is 198 g/mol. The molecule has 1 fully saturated rings. The largest absolute Gasteiger partial charge is 0.312 e. The van der Waals surface area contributed by atoms with Crippen LogP contribution in [0.3, 0.4) is 0 Å². The van der Waals surface area contributed by atoms with E-state index in [1.54, 1.807) is 0 Å². The van der Waals surface area contributed by atoms with Crippen molar-refractivity contribution in [3.63, 3.8) is 0 Å². The van der Waals surface area contributed by atoms with Crippen LogP contribution >= 0.6 is 0 Å². The summed E-state index contributed by atoms with van der Waals surface area (Å²) in [5.74, 6) is 0. The van der Waals surface area contributed by atoms with Gasteiger partial charge in [0, 0.05) is 25.2 Å². The number of hydrogen-bond donors (Lipinski definition) is 1. The van der Waals surface area contributed by atoms with Gasteiger partial charge >= 0.3 is 0 Å². The number of likely N-dealkylation sites (N-methyl/N-ethyl adjacent to an activating group) is 1. The lowest BCUT2D eigenvalue weighted by molar-refractivity contribution is 0.178. The average Bonchev–Trinajstić information content (AvgIpc) is 2.79. The minimum absolute atomic E-state index is 0.405. The van der Waals surface area contributed by atoms with E-state index in [1.165, 1.54) is 19.4 Å². The molecule has 1 atom stereocenters. The van der Waals surface area contributed by atoms with Crippen molar-refractivity contribution < 1.29 is 0 Å². The maximum Gasteiger partial charge on any atom is 0.0189 e. The van der Waals surface area contributed by atoms with Crippen LogP contribution in [0.2, 0.25) is 0 Å². The molecule has 1 unspecified atom stereocenters. The number of nitrogens with zero attached hydrogens (tertiary/aromatic N) is 1. The van der Waals surface area contributed by atoms with E-state index < -0.39 is 0 Å². The van der Waals surface area contributed by atoms with E-state index in [4.69, 9.17) is 0 Å². The van der Waals surface area contributed by atoms with Crippen LogP contribution in [0.4, 0.5) is 0 Å². The van der Waals surface area contributed by atoms with Gasteiger partial charge < -0.3 is 10.2 Å². The molecule has 0 spiro atoms. The highest BCUT2D eigenvalue weighted by Gasteiger charge is 2.22. The summed E-state index contributed by atoms with van der Waals surface area (Å²) in [6.07, 6.45) is 2.77. The van der Waals surface area contributed by atoms with Crippen LogP contribution in [0.5, 0.6) is 0 Å². The van der Waals surface area contributed by atoms with Gasteiger partial charge in [0.1, 0.15) is 0 Å². The molecule has 84 valence electrons. The van der Waals surface area contributed by atoms with Crippen LogP contribution in [0, 0.1) is 5.41 Å². The van der Waals surface area contributed by atoms with E-state index in [2.05, 4.69) is 45.0 Å². The molecule has 1 aliphatic rings. The molecule has 0 aliphatic heterocycles. The molecule has 0 heterocycles. The van der Waals surface area contributed by atoms with E-state index in [0.717, 1.165) is 12.6 Å².